The predicted octanol–water partition coefficient (Wildman–Crippen LogP) is 3.20. The fourth-order valence-electron chi connectivity index (χ4n) is 2.81. The van der Waals surface area contributed by atoms with Gasteiger partial charge in [0.05, 0.1) is 6.61 Å². The Morgan fingerprint density at radius 3 is 2.62 bits per heavy atom. The molecule has 0 spiro atoms. The van der Waals surface area contributed by atoms with E-state index in [2.05, 4.69) is 5.32 Å². The monoisotopic (exact) mass is 325 g/mol. The summed E-state index contributed by atoms with van der Waals surface area (Å²) in [6.45, 7) is 3.40. The van der Waals surface area contributed by atoms with Crippen LogP contribution in [0.15, 0.2) is 46.9 Å². The van der Waals surface area contributed by atoms with Gasteiger partial charge in [0.25, 0.3) is 0 Å². The Labute approximate surface area is 139 Å². The van der Waals surface area contributed by atoms with Crippen molar-refractivity contribution < 1.29 is 18.7 Å². The number of ether oxygens (including phenoxy) is 1. The van der Waals surface area contributed by atoms with Crippen LogP contribution in [0.4, 0.5) is 0 Å². The predicted molar refractivity (Wildman–Crippen MR) is 91.7 cm³/mol. The molecular weight excluding hydrogens is 306 g/mol. The Morgan fingerprint density at radius 1 is 1.12 bits per heavy atom. The summed E-state index contributed by atoms with van der Waals surface area (Å²) < 4.78 is 10.9. The molecule has 0 aliphatic rings. The van der Waals surface area contributed by atoms with Crippen LogP contribution in [-0.4, -0.2) is 24.5 Å². The van der Waals surface area contributed by atoms with E-state index in [1.54, 1.807) is 6.92 Å². The van der Waals surface area contributed by atoms with E-state index < -0.39 is 12.0 Å². The van der Waals surface area contributed by atoms with Crippen LogP contribution in [0.5, 0.6) is 0 Å². The average molecular weight is 325 g/mol. The lowest BCUT2D eigenvalue weighted by atomic mass is 10.0. The third-order valence-electron chi connectivity index (χ3n) is 3.83. The second kappa shape index (κ2) is 6.74. The Morgan fingerprint density at radius 2 is 1.88 bits per heavy atom. The quantitative estimate of drug-likeness (QED) is 0.732. The van der Waals surface area contributed by atoms with Crippen molar-refractivity contribution in [3.05, 3.63) is 48.0 Å². The normalized spacial score (nSPS) is 12.2. The van der Waals surface area contributed by atoms with E-state index in [0.29, 0.717) is 6.42 Å². The van der Waals surface area contributed by atoms with Crippen molar-refractivity contribution in [3.8, 4) is 0 Å². The summed E-state index contributed by atoms with van der Waals surface area (Å²) in [4.78, 5) is 23.4. The maximum atomic E-state index is 12.0. The number of rotatable bonds is 5. The van der Waals surface area contributed by atoms with Gasteiger partial charge < -0.3 is 14.5 Å². The lowest BCUT2D eigenvalue weighted by Crippen LogP contribution is -2.42. The molecule has 0 fully saturated rings. The van der Waals surface area contributed by atoms with Gasteiger partial charge in [-0.15, -0.1) is 0 Å². The van der Waals surface area contributed by atoms with Crippen molar-refractivity contribution in [1.29, 1.82) is 0 Å². The van der Waals surface area contributed by atoms with Crippen LogP contribution in [0.3, 0.4) is 0 Å². The Balaban J connectivity index is 1.91. The molecular formula is C19H19NO4. The van der Waals surface area contributed by atoms with E-state index in [1.807, 2.05) is 42.5 Å². The van der Waals surface area contributed by atoms with Gasteiger partial charge in [-0.2, -0.15) is 0 Å². The second-order valence-electron chi connectivity index (χ2n) is 5.64. The van der Waals surface area contributed by atoms with E-state index in [9.17, 15) is 9.59 Å². The zero-order valence-electron chi connectivity index (χ0n) is 13.7. The molecule has 1 aromatic heterocycles. The van der Waals surface area contributed by atoms with Gasteiger partial charge in [-0.25, -0.2) is 4.79 Å². The molecule has 0 radical (unpaired) electrons. The lowest BCUT2D eigenvalue weighted by Gasteiger charge is -2.16. The highest BCUT2D eigenvalue weighted by molar-refractivity contribution is 6.04. The minimum Gasteiger partial charge on any atom is -0.464 e. The van der Waals surface area contributed by atoms with E-state index in [-0.39, 0.29) is 12.5 Å². The molecule has 3 rings (SSSR count). The van der Waals surface area contributed by atoms with Crippen LogP contribution >= 0.6 is 0 Å². The number of esters is 1. The summed E-state index contributed by atoms with van der Waals surface area (Å²) in [7, 11) is 0. The molecule has 24 heavy (non-hydrogen) atoms. The first kappa shape index (κ1) is 16.1. The molecule has 2 aromatic carbocycles. The molecule has 0 aliphatic carbocycles. The number of fused-ring (bicyclic) bond motifs is 3. The SMILES string of the molecule is CCOC(=O)C(Cc1ccc2c(c1)oc1ccccc12)NC(C)=O. The zero-order valence-corrected chi connectivity index (χ0v) is 13.7. The van der Waals surface area contributed by atoms with Crippen LogP contribution in [0.1, 0.15) is 19.4 Å². The summed E-state index contributed by atoms with van der Waals surface area (Å²) in [6.07, 6.45) is 0.353. The molecule has 1 amide bonds. The third kappa shape index (κ3) is 3.25. The highest BCUT2D eigenvalue weighted by Crippen LogP contribution is 2.29. The Bertz CT molecular complexity index is 897. The second-order valence-corrected chi connectivity index (χ2v) is 5.64. The number of hydrogen-bond acceptors (Lipinski definition) is 4. The van der Waals surface area contributed by atoms with Crippen molar-refractivity contribution in [2.24, 2.45) is 0 Å². The molecule has 1 heterocycles. The number of nitrogens with one attached hydrogen (secondary N) is 1. The standard InChI is InChI=1S/C19H19NO4/c1-3-23-19(22)16(20-12(2)21)10-13-8-9-15-14-6-4-5-7-17(14)24-18(15)11-13/h4-9,11,16H,3,10H2,1-2H3,(H,20,21). The molecule has 0 aliphatic heterocycles. The van der Waals surface area contributed by atoms with E-state index in [1.165, 1.54) is 6.92 Å². The highest BCUT2D eigenvalue weighted by Gasteiger charge is 2.21. The summed E-state index contributed by atoms with van der Waals surface area (Å²) in [5.74, 6) is -0.699. The number of carbonyl (C=O) groups excluding carboxylic acids is 2. The van der Waals surface area contributed by atoms with Gasteiger partial charge in [-0.05, 0) is 24.6 Å². The number of amides is 1. The molecule has 1 atom stereocenters. The highest BCUT2D eigenvalue weighted by atomic mass is 16.5. The number of para-hydroxylation sites is 1. The Hall–Kier alpha value is -2.82. The lowest BCUT2D eigenvalue weighted by molar-refractivity contribution is -0.147. The molecule has 3 aromatic rings. The van der Waals surface area contributed by atoms with Crippen molar-refractivity contribution in [1.82, 2.24) is 5.32 Å². The van der Waals surface area contributed by atoms with Gasteiger partial charge >= 0.3 is 5.97 Å². The molecule has 0 bridgehead atoms. The summed E-state index contributed by atoms with van der Waals surface area (Å²) >= 11 is 0. The molecule has 1 unspecified atom stereocenters. The van der Waals surface area contributed by atoms with Gasteiger partial charge in [0.15, 0.2) is 0 Å². The van der Waals surface area contributed by atoms with Crippen molar-refractivity contribution in [2.75, 3.05) is 6.61 Å². The fraction of sp³-hybridized carbons (Fsp3) is 0.263. The molecule has 1 N–H and O–H groups in total. The molecule has 0 saturated carbocycles. The van der Waals surface area contributed by atoms with Gasteiger partial charge in [-0.3, -0.25) is 4.79 Å². The number of benzene rings is 2. The zero-order chi connectivity index (χ0) is 17.1. The van der Waals surface area contributed by atoms with E-state index in [4.69, 9.17) is 9.15 Å². The maximum absolute atomic E-state index is 12.0. The first-order chi connectivity index (χ1) is 11.6. The molecule has 5 nitrogen and oxygen atoms in total. The number of furan rings is 1. The van der Waals surface area contributed by atoms with Crippen LogP contribution in [0.25, 0.3) is 21.9 Å². The van der Waals surface area contributed by atoms with Crippen molar-refractivity contribution in [3.63, 3.8) is 0 Å². The average Bonchev–Trinajstić information content (AvgIpc) is 2.91. The van der Waals surface area contributed by atoms with Crippen LogP contribution in [0.2, 0.25) is 0 Å². The molecule has 5 heteroatoms. The maximum Gasteiger partial charge on any atom is 0.328 e. The van der Waals surface area contributed by atoms with Gasteiger partial charge in [0, 0.05) is 24.1 Å². The molecule has 0 saturated heterocycles. The first-order valence-electron chi connectivity index (χ1n) is 7.92. The first-order valence-corrected chi connectivity index (χ1v) is 7.92. The topological polar surface area (TPSA) is 68.5 Å². The largest absolute Gasteiger partial charge is 0.464 e. The van der Waals surface area contributed by atoms with Gasteiger partial charge in [0.2, 0.25) is 5.91 Å². The van der Waals surface area contributed by atoms with Crippen LogP contribution < -0.4 is 5.32 Å². The summed E-state index contributed by atoms with van der Waals surface area (Å²) in [5, 5.41) is 4.73. The summed E-state index contributed by atoms with van der Waals surface area (Å²) in [6, 6.07) is 13.0. The van der Waals surface area contributed by atoms with Crippen molar-refractivity contribution >= 4 is 33.8 Å². The van der Waals surface area contributed by atoms with Crippen LogP contribution in [0, 0.1) is 0 Å². The molecule has 124 valence electrons. The van der Waals surface area contributed by atoms with E-state index in [0.717, 1.165) is 27.5 Å². The minimum atomic E-state index is -0.704. The number of hydrogen-bond donors (Lipinski definition) is 1. The Kier molecular flexibility index (Phi) is 4.51. The van der Waals surface area contributed by atoms with Gasteiger partial charge in [0.1, 0.15) is 17.2 Å². The number of carbonyl (C=O) groups is 2. The van der Waals surface area contributed by atoms with Crippen LogP contribution in [-0.2, 0) is 20.7 Å². The fourth-order valence-corrected chi connectivity index (χ4v) is 2.81. The van der Waals surface area contributed by atoms with Crippen molar-refractivity contribution in [2.45, 2.75) is 26.3 Å². The minimum absolute atomic E-state index is 0.266. The van der Waals surface area contributed by atoms with E-state index >= 15 is 0 Å². The van der Waals surface area contributed by atoms with Gasteiger partial charge in [-0.1, -0.05) is 30.3 Å². The third-order valence-corrected chi connectivity index (χ3v) is 3.83. The summed E-state index contributed by atoms with van der Waals surface area (Å²) in [5.41, 5.74) is 2.49. The smallest absolute Gasteiger partial charge is 0.328 e.